The molecule has 1 aromatic carbocycles. The van der Waals surface area contributed by atoms with Gasteiger partial charge in [-0.05, 0) is 56.4 Å². The summed E-state index contributed by atoms with van der Waals surface area (Å²) < 4.78 is 0. The number of aryl methyl sites for hydroxylation is 1. The van der Waals surface area contributed by atoms with Crippen LogP contribution in [0, 0.1) is 18.8 Å². The Morgan fingerprint density at radius 2 is 2.15 bits per heavy atom. The summed E-state index contributed by atoms with van der Waals surface area (Å²) in [7, 11) is 0. The van der Waals surface area contributed by atoms with Crippen molar-refractivity contribution in [1.29, 1.82) is 0 Å². The van der Waals surface area contributed by atoms with Gasteiger partial charge < -0.3 is 10.2 Å². The fraction of sp³-hybridized carbons (Fsp3) is 0.562. The molecule has 1 aromatic rings. The number of nitrogens with zero attached hydrogens (tertiary/aromatic N) is 1. The van der Waals surface area contributed by atoms with Gasteiger partial charge in [-0.3, -0.25) is 4.79 Å². The Hall–Kier alpha value is -1.06. The fourth-order valence-corrected chi connectivity index (χ4v) is 3.82. The zero-order chi connectivity index (χ0) is 14.5. The van der Waals surface area contributed by atoms with Crippen molar-refractivity contribution >= 4 is 17.5 Å². The van der Waals surface area contributed by atoms with E-state index < -0.39 is 0 Å². The number of carbonyl (C=O) groups is 1. The highest BCUT2D eigenvalue weighted by Gasteiger charge is 2.51. The molecule has 2 atom stereocenters. The molecule has 0 aliphatic carbocycles. The van der Waals surface area contributed by atoms with E-state index in [9.17, 15) is 4.79 Å². The van der Waals surface area contributed by atoms with E-state index in [0.29, 0.717) is 16.9 Å². The minimum atomic E-state index is -0.0845. The van der Waals surface area contributed by atoms with Crippen molar-refractivity contribution in [3.05, 3.63) is 34.3 Å². The van der Waals surface area contributed by atoms with Crippen molar-refractivity contribution in [1.82, 2.24) is 10.2 Å². The summed E-state index contributed by atoms with van der Waals surface area (Å²) in [6.07, 6.45) is 0. The van der Waals surface area contributed by atoms with Crippen molar-refractivity contribution in [2.24, 2.45) is 11.8 Å². The number of carbonyl (C=O) groups excluding carboxylic acids is 1. The van der Waals surface area contributed by atoms with E-state index in [-0.39, 0.29) is 11.4 Å². The predicted octanol–water partition coefficient (Wildman–Crippen LogP) is 2.72. The molecule has 20 heavy (non-hydrogen) atoms. The normalized spacial score (nSPS) is 27.7. The quantitative estimate of drug-likeness (QED) is 0.863. The number of nitrogens with one attached hydrogen (secondary N) is 1. The first kappa shape index (κ1) is 13.9. The molecular weight excluding hydrogens is 272 g/mol. The molecule has 108 valence electrons. The van der Waals surface area contributed by atoms with Crippen molar-refractivity contribution < 1.29 is 4.79 Å². The Morgan fingerprint density at radius 1 is 1.40 bits per heavy atom. The monoisotopic (exact) mass is 292 g/mol. The molecule has 0 saturated carbocycles. The molecular formula is C16H21ClN2O. The highest BCUT2D eigenvalue weighted by Crippen LogP contribution is 2.41. The van der Waals surface area contributed by atoms with Crippen LogP contribution in [0.1, 0.15) is 29.8 Å². The number of rotatable bonds is 1. The Labute approximate surface area is 125 Å². The summed E-state index contributed by atoms with van der Waals surface area (Å²) in [6, 6.07) is 5.54. The highest BCUT2D eigenvalue weighted by molar-refractivity contribution is 6.31. The number of hydrogen-bond acceptors (Lipinski definition) is 2. The number of halogens is 1. The van der Waals surface area contributed by atoms with E-state index in [1.165, 1.54) is 0 Å². The van der Waals surface area contributed by atoms with E-state index in [1.54, 1.807) is 0 Å². The molecule has 4 heteroatoms. The molecule has 2 heterocycles. The summed E-state index contributed by atoms with van der Waals surface area (Å²) in [4.78, 5) is 14.9. The molecule has 3 nitrogen and oxygen atoms in total. The lowest BCUT2D eigenvalue weighted by atomic mass is 9.84. The molecule has 2 fully saturated rings. The lowest BCUT2D eigenvalue weighted by Crippen LogP contribution is -2.47. The Kier molecular flexibility index (Phi) is 3.30. The van der Waals surface area contributed by atoms with Gasteiger partial charge in [-0.15, -0.1) is 0 Å². The summed E-state index contributed by atoms with van der Waals surface area (Å²) in [5.74, 6) is 1.27. The molecule has 0 aromatic heterocycles. The van der Waals surface area contributed by atoms with Crippen molar-refractivity contribution in [3.8, 4) is 0 Å². The van der Waals surface area contributed by atoms with Crippen LogP contribution in [0.5, 0.6) is 0 Å². The zero-order valence-electron chi connectivity index (χ0n) is 12.2. The molecule has 2 aliphatic heterocycles. The van der Waals surface area contributed by atoms with Crippen LogP contribution in [0.3, 0.4) is 0 Å². The largest absolute Gasteiger partial charge is 0.333 e. The molecule has 0 bridgehead atoms. The van der Waals surface area contributed by atoms with Crippen LogP contribution >= 0.6 is 11.6 Å². The maximum absolute atomic E-state index is 12.8. The third-order valence-corrected chi connectivity index (χ3v) is 5.43. The third-order valence-electron chi connectivity index (χ3n) is 5.01. The molecule has 2 unspecified atom stereocenters. The van der Waals surface area contributed by atoms with Gasteiger partial charge in [0.15, 0.2) is 0 Å². The molecule has 1 N–H and O–H groups in total. The third kappa shape index (κ3) is 2.04. The van der Waals surface area contributed by atoms with Gasteiger partial charge in [0.2, 0.25) is 0 Å². The first-order valence-electron chi connectivity index (χ1n) is 7.20. The molecule has 2 saturated heterocycles. The van der Waals surface area contributed by atoms with Gasteiger partial charge in [0.25, 0.3) is 5.91 Å². The molecule has 0 spiro atoms. The van der Waals surface area contributed by atoms with Crippen LogP contribution in [-0.2, 0) is 0 Å². The van der Waals surface area contributed by atoms with Crippen molar-refractivity contribution in [2.45, 2.75) is 26.3 Å². The average molecular weight is 293 g/mol. The maximum Gasteiger partial charge on any atom is 0.254 e. The Balaban J connectivity index is 1.89. The van der Waals surface area contributed by atoms with E-state index >= 15 is 0 Å². The van der Waals surface area contributed by atoms with Gasteiger partial charge >= 0.3 is 0 Å². The minimum absolute atomic E-state index is 0.0845. The highest BCUT2D eigenvalue weighted by atomic mass is 35.5. The second-order valence-corrected chi connectivity index (χ2v) is 6.97. The predicted molar refractivity (Wildman–Crippen MR) is 81.2 cm³/mol. The number of benzene rings is 1. The van der Waals surface area contributed by atoms with Gasteiger partial charge in [0.1, 0.15) is 0 Å². The van der Waals surface area contributed by atoms with Crippen LogP contribution in [-0.4, -0.2) is 36.0 Å². The van der Waals surface area contributed by atoms with E-state index in [0.717, 1.165) is 30.8 Å². The second kappa shape index (κ2) is 4.74. The summed E-state index contributed by atoms with van der Waals surface area (Å²) in [5.41, 5.74) is 1.61. The second-order valence-electron chi connectivity index (χ2n) is 6.56. The molecule has 3 rings (SSSR count). The van der Waals surface area contributed by atoms with Gasteiger partial charge in [0, 0.05) is 35.8 Å². The van der Waals surface area contributed by atoms with Gasteiger partial charge in [-0.25, -0.2) is 0 Å². The fourth-order valence-electron chi connectivity index (χ4n) is 3.70. The van der Waals surface area contributed by atoms with Crippen LogP contribution in [0.4, 0.5) is 0 Å². The summed E-state index contributed by atoms with van der Waals surface area (Å²) in [5, 5.41) is 4.15. The van der Waals surface area contributed by atoms with Gasteiger partial charge in [-0.2, -0.15) is 0 Å². The Morgan fingerprint density at radius 3 is 2.80 bits per heavy atom. The number of hydrogen-bond donors (Lipinski definition) is 1. The maximum atomic E-state index is 12.8. The number of likely N-dealkylation sites (tertiary alicyclic amines) is 1. The zero-order valence-corrected chi connectivity index (χ0v) is 13.0. The molecule has 1 amide bonds. The minimum Gasteiger partial charge on any atom is -0.333 e. The number of fused-ring (bicyclic) bond motifs is 1. The average Bonchev–Trinajstić information content (AvgIpc) is 2.95. The van der Waals surface area contributed by atoms with Crippen LogP contribution in [0.25, 0.3) is 0 Å². The van der Waals surface area contributed by atoms with Gasteiger partial charge in [-0.1, -0.05) is 11.6 Å². The number of amides is 1. The van der Waals surface area contributed by atoms with E-state index in [4.69, 9.17) is 11.6 Å². The van der Waals surface area contributed by atoms with Crippen LogP contribution < -0.4 is 5.32 Å². The molecule has 2 aliphatic rings. The SMILES string of the molecule is Cc1cc(C(=O)N2CC3CNCC3C2(C)C)ccc1Cl. The van der Waals surface area contributed by atoms with E-state index in [2.05, 4.69) is 19.2 Å². The van der Waals surface area contributed by atoms with Gasteiger partial charge in [0.05, 0.1) is 0 Å². The summed E-state index contributed by atoms with van der Waals surface area (Å²) in [6.45, 7) is 9.20. The first-order chi connectivity index (χ1) is 9.41. The van der Waals surface area contributed by atoms with E-state index in [1.807, 2.05) is 30.0 Å². The smallest absolute Gasteiger partial charge is 0.254 e. The standard InChI is InChI=1S/C16H21ClN2O/c1-10-6-11(4-5-14(10)17)15(20)19-9-12-7-18-8-13(12)16(19,2)3/h4-6,12-13,18H,7-9H2,1-3H3. The van der Waals surface area contributed by atoms with Crippen molar-refractivity contribution in [2.75, 3.05) is 19.6 Å². The van der Waals surface area contributed by atoms with Crippen LogP contribution in [0.2, 0.25) is 5.02 Å². The van der Waals surface area contributed by atoms with Crippen LogP contribution in [0.15, 0.2) is 18.2 Å². The molecule has 0 radical (unpaired) electrons. The van der Waals surface area contributed by atoms with Crippen molar-refractivity contribution in [3.63, 3.8) is 0 Å². The Bertz CT molecular complexity index is 555. The summed E-state index contributed by atoms with van der Waals surface area (Å²) >= 11 is 6.05. The topological polar surface area (TPSA) is 32.3 Å². The lowest BCUT2D eigenvalue weighted by molar-refractivity contribution is 0.0603. The lowest BCUT2D eigenvalue weighted by Gasteiger charge is -2.35. The first-order valence-corrected chi connectivity index (χ1v) is 7.58.